The fourth-order valence-electron chi connectivity index (χ4n) is 2.70. The average Bonchev–Trinajstić information content (AvgIpc) is 2.44. The number of hydrogen-bond donors (Lipinski definition) is 0. The lowest BCUT2D eigenvalue weighted by Crippen LogP contribution is -2.20. The summed E-state index contributed by atoms with van der Waals surface area (Å²) in [5.74, 6) is 0.767. The molecule has 0 aromatic rings. The molecular weight excluding hydrogens is 152 g/mol. The number of Topliss-reactive ketones (excluding diaryl/α,β-unsaturated/α-hetero) is 1. The van der Waals surface area contributed by atoms with E-state index in [9.17, 15) is 9.59 Å². The van der Waals surface area contributed by atoms with Crippen molar-refractivity contribution in [3.05, 3.63) is 0 Å². The third-order valence-electron chi connectivity index (χ3n) is 3.36. The van der Waals surface area contributed by atoms with E-state index in [0.717, 1.165) is 19.1 Å². The van der Waals surface area contributed by atoms with Crippen molar-refractivity contribution in [2.24, 2.45) is 17.8 Å². The van der Waals surface area contributed by atoms with Gasteiger partial charge in [0.2, 0.25) is 0 Å². The van der Waals surface area contributed by atoms with Gasteiger partial charge in [0.05, 0.1) is 5.92 Å². The number of carbonyl (C=O) groups is 2. The molecule has 0 radical (unpaired) electrons. The summed E-state index contributed by atoms with van der Waals surface area (Å²) in [6.45, 7) is 0. The van der Waals surface area contributed by atoms with Gasteiger partial charge < -0.3 is 4.79 Å². The first-order valence-electron chi connectivity index (χ1n) is 4.82. The van der Waals surface area contributed by atoms with Gasteiger partial charge in [-0.05, 0) is 25.2 Å². The number of carbonyl (C=O) groups excluding carboxylic acids is 2. The molecule has 2 aliphatic rings. The van der Waals surface area contributed by atoms with E-state index in [1.807, 2.05) is 0 Å². The molecule has 0 saturated heterocycles. The van der Waals surface area contributed by atoms with Crippen LogP contribution in [0.25, 0.3) is 0 Å². The van der Waals surface area contributed by atoms with E-state index in [4.69, 9.17) is 0 Å². The molecule has 0 heterocycles. The van der Waals surface area contributed by atoms with Gasteiger partial charge in [0.25, 0.3) is 0 Å². The largest absolute Gasteiger partial charge is 0.303 e. The van der Waals surface area contributed by atoms with Gasteiger partial charge >= 0.3 is 0 Å². The zero-order valence-electron chi connectivity index (χ0n) is 7.16. The van der Waals surface area contributed by atoms with Gasteiger partial charge in [0.15, 0.2) is 0 Å². The number of rotatable bonds is 1. The minimum atomic E-state index is -0.252. The smallest absolute Gasteiger partial charge is 0.146 e. The number of hydrogen-bond acceptors (Lipinski definition) is 2. The van der Waals surface area contributed by atoms with E-state index in [1.165, 1.54) is 19.3 Å². The molecule has 0 aromatic heterocycles. The molecule has 3 unspecified atom stereocenters. The van der Waals surface area contributed by atoms with Crippen molar-refractivity contribution >= 4 is 12.1 Å². The lowest BCUT2D eigenvalue weighted by atomic mass is 9.81. The summed E-state index contributed by atoms with van der Waals surface area (Å²) >= 11 is 0. The van der Waals surface area contributed by atoms with Crippen LogP contribution in [0.15, 0.2) is 0 Å². The highest BCUT2D eigenvalue weighted by molar-refractivity contribution is 5.96. The van der Waals surface area contributed by atoms with Gasteiger partial charge in [-0.2, -0.15) is 0 Å². The Balaban J connectivity index is 2.12. The quantitative estimate of drug-likeness (QED) is 0.438. The van der Waals surface area contributed by atoms with Crippen LogP contribution in [0.1, 0.15) is 32.1 Å². The first kappa shape index (κ1) is 7.96. The standard InChI is InChI=1S/C10H14O2/c11-6-8-5-7-3-1-2-4-9(7)10(8)12/h6-9H,1-5H2. The van der Waals surface area contributed by atoms with Crippen LogP contribution in [-0.2, 0) is 9.59 Å². The molecule has 2 nitrogen and oxygen atoms in total. The van der Waals surface area contributed by atoms with Crippen molar-refractivity contribution in [1.29, 1.82) is 0 Å². The van der Waals surface area contributed by atoms with Crippen molar-refractivity contribution in [1.82, 2.24) is 0 Å². The van der Waals surface area contributed by atoms with Crippen molar-refractivity contribution in [2.75, 3.05) is 0 Å². The minimum Gasteiger partial charge on any atom is -0.303 e. The zero-order chi connectivity index (χ0) is 8.55. The lowest BCUT2D eigenvalue weighted by molar-refractivity contribution is -0.128. The Morgan fingerprint density at radius 3 is 2.67 bits per heavy atom. The second-order valence-corrected chi connectivity index (χ2v) is 4.03. The lowest BCUT2D eigenvalue weighted by Gasteiger charge is -2.22. The summed E-state index contributed by atoms with van der Waals surface area (Å²) < 4.78 is 0. The average molecular weight is 166 g/mol. The van der Waals surface area contributed by atoms with E-state index in [1.54, 1.807) is 0 Å². The summed E-state index contributed by atoms with van der Waals surface area (Å²) in [4.78, 5) is 22.1. The third-order valence-corrected chi connectivity index (χ3v) is 3.36. The van der Waals surface area contributed by atoms with Gasteiger partial charge in [-0.1, -0.05) is 12.8 Å². The van der Waals surface area contributed by atoms with Crippen molar-refractivity contribution in [3.63, 3.8) is 0 Å². The molecule has 2 saturated carbocycles. The Hall–Kier alpha value is -0.660. The highest BCUT2D eigenvalue weighted by atomic mass is 16.1. The fourth-order valence-corrected chi connectivity index (χ4v) is 2.70. The SMILES string of the molecule is O=CC1CC2CCCCC2C1=O. The zero-order valence-corrected chi connectivity index (χ0v) is 7.16. The number of aldehydes is 1. The highest BCUT2D eigenvalue weighted by Gasteiger charge is 2.42. The summed E-state index contributed by atoms with van der Waals surface area (Å²) in [6.07, 6.45) is 6.32. The molecule has 12 heavy (non-hydrogen) atoms. The molecule has 3 atom stereocenters. The highest BCUT2D eigenvalue weighted by Crippen LogP contribution is 2.41. The number of fused-ring (bicyclic) bond motifs is 1. The van der Waals surface area contributed by atoms with Crippen LogP contribution in [-0.4, -0.2) is 12.1 Å². The molecule has 66 valence electrons. The Kier molecular flexibility index (Phi) is 1.99. The molecule has 2 aliphatic carbocycles. The predicted octanol–water partition coefficient (Wildman–Crippen LogP) is 1.58. The Labute approximate surface area is 72.3 Å². The van der Waals surface area contributed by atoms with Crippen LogP contribution < -0.4 is 0 Å². The monoisotopic (exact) mass is 166 g/mol. The first-order valence-corrected chi connectivity index (χ1v) is 4.82. The second-order valence-electron chi connectivity index (χ2n) is 4.03. The number of ketones is 1. The Morgan fingerprint density at radius 2 is 2.00 bits per heavy atom. The van der Waals surface area contributed by atoms with Crippen molar-refractivity contribution < 1.29 is 9.59 Å². The molecule has 0 N–H and O–H groups in total. The molecule has 0 spiro atoms. The van der Waals surface area contributed by atoms with Gasteiger partial charge in [0, 0.05) is 5.92 Å². The molecule has 2 fully saturated rings. The molecule has 0 aromatic carbocycles. The van der Waals surface area contributed by atoms with E-state index in [2.05, 4.69) is 0 Å². The Bertz CT molecular complexity index is 210. The molecule has 0 bridgehead atoms. The topological polar surface area (TPSA) is 34.1 Å². The fraction of sp³-hybridized carbons (Fsp3) is 0.800. The maximum Gasteiger partial charge on any atom is 0.146 e. The van der Waals surface area contributed by atoms with Gasteiger partial charge in [0.1, 0.15) is 12.1 Å². The third kappa shape index (κ3) is 1.10. The maximum absolute atomic E-state index is 11.5. The molecule has 2 heteroatoms. The summed E-state index contributed by atoms with van der Waals surface area (Å²) in [6, 6.07) is 0. The van der Waals surface area contributed by atoms with Crippen molar-refractivity contribution in [3.8, 4) is 0 Å². The van der Waals surface area contributed by atoms with E-state index < -0.39 is 0 Å². The Morgan fingerprint density at radius 1 is 1.25 bits per heavy atom. The predicted molar refractivity (Wildman–Crippen MR) is 44.6 cm³/mol. The van der Waals surface area contributed by atoms with Gasteiger partial charge in [-0.25, -0.2) is 0 Å². The molecular formula is C10H14O2. The minimum absolute atomic E-state index is 0.231. The second kappa shape index (κ2) is 3.00. The van der Waals surface area contributed by atoms with E-state index >= 15 is 0 Å². The summed E-state index contributed by atoms with van der Waals surface area (Å²) in [5, 5.41) is 0. The molecule has 0 amide bonds. The van der Waals surface area contributed by atoms with Crippen LogP contribution in [0, 0.1) is 17.8 Å². The molecule has 0 aliphatic heterocycles. The first-order chi connectivity index (χ1) is 5.83. The summed E-state index contributed by atoms with van der Waals surface area (Å²) in [5.41, 5.74) is 0. The summed E-state index contributed by atoms with van der Waals surface area (Å²) in [7, 11) is 0. The van der Waals surface area contributed by atoms with E-state index in [0.29, 0.717) is 5.92 Å². The van der Waals surface area contributed by atoms with E-state index in [-0.39, 0.29) is 17.6 Å². The normalized spacial score (nSPS) is 41.0. The van der Waals surface area contributed by atoms with Crippen LogP contribution >= 0.6 is 0 Å². The van der Waals surface area contributed by atoms with Crippen LogP contribution in [0.2, 0.25) is 0 Å². The molecule has 2 rings (SSSR count). The van der Waals surface area contributed by atoms with Crippen LogP contribution in [0.3, 0.4) is 0 Å². The van der Waals surface area contributed by atoms with Gasteiger partial charge in [-0.15, -0.1) is 0 Å². The van der Waals surface area contributed by atoms with Gasteiger partial charge in [-0.3, -0.25) is 4.79 Å². The van der Waals surface area contributed by atoms with Crippen LogP contribution in [0.4, 0.5) is 0 Å². The van der Waals surface area contributed by atoms with Crippen LogP contribution in [0.5, 0.6) is 0 Å². The maximum atomic E-state index is 11.5. The van der Waals surface area contributed by atoms with Crippen molar-refractivity contribution in [2.45, 2.75) is 32.1 Å².